The third-order valence-corrected chi connectivity index (χ3v) is 3.90. The summed E-state index contributed by atoms with van der Waals surface area (Å²) in [4.78, 5) is 8.67. The molecule has 4 heteroatoms. The van der Waals surface area contributed by atoms with E-state index >= 15 is 0 Å². The van der Waals surface area contributed by atoms with E-state index in [2.05, 4.69) is 45.7 Å². The molecule has 0 saturated carbocycles. The highest BCUT2D eigenvalue weighted by Gasteiger charge is 2.11. The van der Waals surface area contributed by atoms with Gasteiger partial charge in [0, 0.05) is 11.9 Å². The average molecular weight is 300 g/mol. The van der Waals surface area contributed by atoms with Crippen molar-refractivity contribution in [1.29, 1.82) is 0 Å². The Balaban J connectivity index is 2.03. The molecule has 3 nitrogen and oxygen atoms in total. The van der Waals surface area contributed by atoms with Crippen molar-refractivity contribution in [3.05, 3.63) is 54.1 Å². The number of fused-ring (bicyclic) bond motifs is 1. The van der Waals surface area contributed by atoms with Gasteiger partial charge in [0.1, 0.15) is 11.3 Å². The average Bonchev–Trinajstić information content (AvgIpc) is 2.92. The highest BCUT2D eigenvalue weighted by Crippen LogP contribution is 2.22. The Kier molecular flexibility index (Phi) is 4.20. The van der Waals surface area contributed by atoms with Gasteiger partial charge in [0.15, 0.2) is 0 Å². The van der Waals surface area contributed by atoms with Crippen LogP contribution in [0.5, 0.6) is 0 Å². The van der Waals surface area contributed by atoms with Crippen LogP contribution in [0.1, 0.15) is 31.2 Å². The number of alkyl halides is 1. The summed E-state index contributed by atoms with van der Waals surface area (Å²) in [6.07, 6.45) is 7.14. The molecule has 2 aromatic heterocycles. The van der Waals surface area contributed by atoms with Crippen molar-refractivity contribution in [2.24, 2.45) is 0 Å². The molecule has 0 aliphatic rings. The predicted molar refractivity (Wildman–Crippen MR) is 87.0 cm³/mol. The van der Waals surface area contributed by atoms with Crippen LogP contribution in [-0.2, 0) is 12.3 Å². The van der Waals surface area contributed by atoms with Crippen LogP contribution in [0.25, 0.3) is 16.7 Å². The molecule has 3 aromatic rings. The van der Waals surface area contributed by atoms with E-state index in [0.29, 0.717) is 5.88 Å². The number of aryl methyl sites for hydroxylation is 1. The smallest absolute Gasteiger partial charge is 0.129 e. The maximum atomic E-state index is 6.05. The molecule has 108 valence electrons. The minimum absolute atomic E-state index is 0.381. The van der Waals surface area contributed by atoms with Gasteiger partial charge in [0.25, 0.3) is 0 Å². The van der Waals surface area contributed by atoms with Crippen LogP contribution in [0.4, 0.5) is 0 Å². The summed E-state index contributed by atoms with van der Waals surface area (Å²) in [6, 6.07) is 10.6. The largest absolute Gasteiger partial charge is 0.295 e. The van der Waals surface area contributed by atoms with Crippen LogP contribution >= 0.6 is 11.6 Å². The van der Waals surface area contributed by atoms with E-state index in [1.54, 1.807) is 12.4 Å². The molecule has 0 amide bonds. The van der Waals surface area contributed by atoms with Gasteiger partial charge in [-0.25, -0.2) is 4.98 Å². The molecule has 1 aromatic carbocycles. The highest BCUT2D eigenvalue weighted by molar-refractivity contribution is 6.17. The van der Waals surface area contributed by atoms with Gasteiger partial charge in [-0.2, -0.15) is 0 Å². The van der Waals surface area contributed by atoms with E-state index < -0.39 is 0 Å². The first-order chi connectivity index (χ1) is 10.3. The van der Waals surface area contributed by atoms with E-state index in [4.69, 9.17) is 11.6 Å². The Morgan fingerprint density at radius 3 is 2.67 bits per heavy atom. The molecule has 0 fully saturated rings. The first-order valence-electron chi connectivity index (χ1n) is 7.30. The molecule has 3 rings (SSSR count). The number of imidazole rings is 1. The molecule has 0 aliphatic carbocycles. The van der Waals surface area contributed by atoms with Gasteiger partial charge in [-0.05, 0) is 36.6 Å². The lowest BCUT2D eigenvalue weighted by molar-refractivity contribution is 0.794. The van der Waals surface area contributed by atoms with Crippen molar-refractivity contribution in [3.63, 3.8) is 0 Å². The molecular weight excluding hydrogens is 282 g/mol. The van der Waals surface area contributed by atoms with Gasteiger partial charge in [0.2, 0.25) is 0 Å². The SMILES string of the molecule is CCCCc1ccc(-n2c(CCl)nc3cnccc32)cc1. The second kappa shape index (κ2) is 6.27. The van der Waals surface area contributed by atoms with E-state index in [1.165, 1.54) is 18.4 Å². The fourth-order valence-electron chi connectivity index (χ4n) is 2.55. The highest BCUT2D eigenvalue weighted by atomic mass is 35.5. The fourth-order valence-corrected chi connectivity index (χ4v) is 2.73. The van der Waals surface area contributed by atoms with Crippen molar-refractivity contribution in [3.8, 4) is 5.69 Å². The molecule has 21 heavy (non-hydrogen) atoms. The molecule has 0 radical (unpaired) electrons. The molecule has 0 unspecified atom stereocenters. The van der Waals surface area contributed by atoms with Gasteiger partial charge >= 0.3 is 0 Å². The summed E-state index contributed by atoms with van der Waals surface area (Å²) >= 11 is 6.05. The lowest BCUT2D eigenvalue weighted by atomic mass is 10.1. The number of hydrogen-bond acceptors (Lipinski definition) is 2. The Hall–Kier alpha value is -1.87. The molecule has 0 saturated heterocycles. The Bertz CT molecular complexity index is 731. The standard InChI is InChI=1S/C17H18ClN3/c1-2-3-4-13-5-7-14(8-6-13)21-16-9-10-19-12-15(16)20-17(21)11-18/h5-10,12H,2-4,11H2,1H3. The number of benzene rings is 1. The Morgan fingerprint density at radius 1 is 1.14 bits per heavy atom. The zero-order valence-electron chi connectivity index (χ0n) is 12.1. The van der Waals surface area contributed by atoms with Crippen molar-refractivity contribution < 1.29 is 0 Å². The topological polar surface area (TPSA) is 30.7 Å². The number of aromatic nitrogens is 3. The summed E-state index contributed by atoms with van der Waals surface area (Å²) in [6.45, 7) is 2.22. The quantitative estimate of drug-likeness (QED) is 0.649. The van der Waals surface area contributed by atoms with Crippen LogP contribution in [0.3, 0.4) is 0 Å². The second-order valence-electron chi connectivity index (χ2n) is 5.13. The number of nitrogens with zero attached hydrogens (tertiary/aromatic N) is 3. The minimum Gasteiger partial charge on any atom is -0.295 e. The summed E-state index contributed by atoms with van der Waals surface area (Å²) < 4.78 is 2.10. The minimum atomic E-state index is 0.381. The Morgan fingerprint density at radius 2 is 1.95 bits per heavy atom. The van der Waals surface area contributed by atoms with Crippen molar-refractivity contribution >= 4 is 22.6 Å². The maximum Gasteiger partial charge on any atom is 0.129 e. The first-order valence-corrected chi connectivity index (χ1v) is 7.83. The van der Waals surface area contributed by atoms with E-state index in [-0.39, 0.29) is 0 Å². The first kappa shape index (κ1) is 14.1. The predicted octanol–water partition coefficient (Wildman–Crippen LogP) is 4.50. The van der Waals surface area contributed by atoms with Crippen molar-refractivity contribution in [1.82, 2.24) is 14.5 Å². The maximum absolute atomic E-state index is 6.05. The van der Waals surface area contributed by atoms with E-state index in [1.807, 2.05) is 6.07 Å². The summed E-state index contributed by atoms with van der Waals surface area (Å²) in [5.41, 5.74) is 4.39. The zero-order chi connectivity index (χ0) is 14.7. The third kappa shape index (κ3) is 2.79. The second-order valence-corrected chi connectivity index (χ2v) is 5.40. The van der Waals surface area contributed by atoms with Crippen LogP contribution < -0.4 is 0 Å². The van der Waals surface area contributed by atoms with E-state index in [0.717, 1.165) is 29.0 Å². The van der Waals surface area contributed by atoms with Gasteiger partial charge in [0.05, 0.1) is 17.6 Å². The molecule has 0 atom stereocenters. The van der Waals surface area contributed by atoms with Gasteiger partial charge in [-0.3, -0.25) is 9.55 Å². The lowest BCUT2D eigenvalue weighted by Crippen LogP contribution is -1.99. The summed E-state index contributed by atoms with van der Waals surface area (Å²) in [5, 5.41) is 0. The van der Waals surface area contributed by atoms with Gasteiger partial charge in [-0.1, -0.05) is 25.5 Å². The summed E-state index contributed by atoms with van der Waals surface area (Å²) in [7, 11) is 0. The zero-order valence-corrected chi connectivity index (χ0v) is 12.8. The molecule has 0 spiro atoms. The number of halogens is 1. The van der Waals surface area contributed by atoms with E-state index in [9.17, 15) is 0 Å². The molecule has 0 aliphatic heterocycles. The van der Waals surface area contributed by atoms with Crippen molar-refractivity contribution in [2.75, 3.05) is 0 Å². The van der Waals surface area contributed by atoms with Crippen LogP contribution in [0, 0.1) is 0 Å². The molecule has 0 bridgehead atoms. The van der Waals surface area contributed by atoms with Gasteiger partial charge < -0.3 is 0 Å². The summed E-state index contributed by atoms with van der Waals surface area (Å²) in [5.74, 6) is 1.23. The van der Waals surface area contributed by atoms with Crippen LogP contribution in [0.2, 0.25) is 0 Å². The van der Waals surface area contributed by atoms with Crippen molar-refractivity contribution in [2.45, 2.75) is 32.1 Å². The lowest BCUT2D eigenvalue weighted by Gasteiger charge is -2.09. The monoisotopic (exact) mass is 299 g/mol. The molecule has 2 heterocycles. The third-order valence-electron chi connectivity index (χ3n) is 3.66. The normalized spacial score (nSPS) is 11.1. The number of hydrogen-bond donors (Lipinski definition) is 0. The van der Waals surface area contributed by atoms with Crippen LogP contribution in [0.15, 0.2) is 42.7 Å². The Labute approximate surface area is 129 Å². The van der Waals surface area contributed by atoms with Crippen LogP contribution in [-0.4, -0.2) is 14.5 Å². The molecular formula is C17H18ClN3. The fraction of sp³-hybridized carbons (Fsp3) is 0.294. The number of rotatable bonds is 5. The van der Waals surface area contributed by atoms with Gasteiger partial charge in [-0.15, -0.1) is 11.6 Å². The molecule has 0 N–H and O–H groups in total. The number of pyridine rings is 1. The number of unbranched alkanes of at least 4 members (excludes halogenated alkanes) is 1.